The molecule has 2 atom stereocenters. The molecular formula is C21H24FN5O2. The van der Waals surface area contributed by atoms with Gasteiger partial charge in [0.25, 0.3) is 5.91 Å². The molecule has 0 saturated carbocycles. The number of carbonyl (C=O) groups is 1. The van der Waals surface area contributed by atoms with Crippen LogP contribution in [-0.2, 0) is 12.8 Å². The number of rotatable bonds is 5. The van der Waals surface area contributed by atoms with Gasteiger partial charge in [-0.2, -0.15) is 5.10 Å². The highest BCUT2D eigenvalue weighted by Crippen LogP contribution is 2.27. The Morgan fingerprint density at radius 1 is 1.28 bits per heavy atom. The Bertz CT molecular complexity index is 1050. The molecule has 1 aliphatic heterocycles. The molecule has 1 amide bonds. The van der Waals surface area contributed by atoms with Crippen LogP contribution < -0.4 is 5.32 Å². The van der Waals surface area contributed by atoms with Crippen LogP contribution in [0.3, 0.4) is 0 Å². The minimum Gasteiger partial charge on any atom is -0.464 e. The van der Waals surface area contributed by atoms with Crippen LogP contribution >= 0.6 is 0 Å². The highest BCUT2D eigenvalue weighted by molar-refractivity contribution is 6.05. The number of furan rings is 1. The predicted octanol–water partition coefficient (Wildman–Crippen LogP) is 3.60. The number of nitrogens with zero attached hydrogens (tertiary/aromatic N) is 4. The Morgan fingerprint density at radius 2 is 2.07 bits per heavy atom. The largest absolute Gasteiger partial charge is 0.464 e. The summed E-state index contributed by atoms with van der Waals surface area (Å²) in [5, 5.41) is 12.4. The predicted molar refractivity (Wildman–Crippen MR) is 107 cm³/mol. The van der Waals surface area contributed by atoms with Crippen molar-refractivity contribution in [1.82, 2.24) is 20.1 Å². The quantitative estimate of drug-likeness (QED) is 0.708. The Kier molecular flexibility index (Phi) is 5.17. The molecule has 8 heteroatoms. The zero-order valence-corrected chi connectivity index (χ0v) is 16.8. The van der Waals surface area contributed by atoms with Crippen LogP contribution in [0.5, 0.6) is 0 Å². The summed E-state index contributed by atoms with van der Waals surface area (Å²) in [5.74, 6) is -0.216. The van der Waals surface area contributed by atoms with Gasteiger partial charge in [-0.1, -0.05) is 13.8 Å². The third-order valence-electron chi connectivity index (χ3n) is 5.59. The molecule has 3 heterocycles. The monoisotopic (exact) mass is 397 g/mol. The van der Waals surface area contributed by atoms with E-state index in [1.165, 1.54) is 18.4 Å². The first-order chi connectivity index (χ1) is 14.0. The van der Waals surface area contributed by atoms with Gasteiger partial charge in [-0.3, -0.25) is 4.79 Å². The van der Waals surface area contributed by atoms with Crippen molar-refractivity contribution in [3.63, 3.8) is 0 Å². The number of hydrogen-bond donors (Lipinski definition) is 1. The second-order valence-electron chi connectivity index (χ2n) is 7.31. The molecule has 2 aromatic heterocycles. The van der Waals surface area contributed by atoms with E-state index in [1.807, 2.05) is 20.8 Å². The molecule has 29 heavy (non-hydrogen) atoms. The lowest BCUT2D eigenvalue weighted by molar-refractivity contribution is 0.0744. The minimum atomic E-state index is -0.452. The van der Waals surface area contributed by atoms with Crippen molar-refractivity contribution in [3.8, 4) is 0 Å². The van der Waals surface area contributed by atoms with E-state index in [2.05, 4.69) is 20.5 Å². The SMILES string of the molecule is CCc1nnc(NC2CCN(C(=O)c3cc(F)cc4ccoc34)C2C)nc1CC. The first-order valence-electron chi connectivity index (χ1n) is 9.98. The Balaban J connectivity index is 1.53. The van der Waals surface area contributed by atoms with Crippen LogP contribution in [0.4, 0.5) is 10.3 Å². The number of likely N-dealkylation sites (tertiary alicyclic amines) is 1. The number of fused-ring (bicyclic) bond motifs is 1. The number of aryl methyl sites for hydroxylation is 2. The molecular weight excluding hydrogens is 373 g/mol. The summed E-state index contributed by atoms with van der Waals surface area (Å²) >= 11 is 0. The van der Waals surface area contributed by atoms with E-state index in [1.54, 1.807) is 11.0 Å². The van der Waals surface area contributed by atoms with E-state index >= 15 is 0 Å². The topological polar surface area (TPSA) is 84.2 Å². The maximum absolute atomic E-state index is 14.0. The average Bonchev–Trinajstić information content (AvgIpc) is 3.33. The normalized spacial score (nSPS) is 19.1. The van der Waals surface area contributed by atoms with Gasteiger partial charge >= 0.3 is 0 Å². The van der Waals surface area contributed by atoms with Crippen molar-refractivity contribution >= 4 is 22.8 Å². The van der Waals surface area contributed by atoms with Gasteiger partial charge in [0.15, 0.2) is 0 Å². The first kappa shape index (κ1) is 19.3. The summed E-state index contributed by atoms with van der Waals surface area (Å²) in [6.07, 6.45) is 3.79. The van der Waals surface area contributed by atoms with Crippen LogP contribution in [0.25, 0.3) is 11.0 Å². The third-order valence-corrected chi connectivity index (χ3v) is 5.59. The summed E-state index contributed by atoms with van der Waals surface area (Å²) in [6.45, 7) is 6.59. The molecule has 4 rings (SSSR count). The second kappa shape index (κ2) is 7.77. The van der Waals surface area contributed by atoms with Gasteiger partial charge in [-0.05, 0) is 44.4 Å². The van der Waals surface area contributed by atoms with Crippen LogP contribution in [0.15, 0.2) is 28.9 Å². The van der Waals surface area contributed by atoms with Gasteiger partial charge in [0.1, 0.15) is 11.4 Å². The van der Waals surface area contributed by atoms with Crippen molar-refractivity contribution in [1.29, 1.82) is 0 Å². The summed E-state index contributed by atoms with van der Waals surface area (Å²) in [5.41, 5.74) is 2.50. The lowest BCUT2D eigenvalue weighted by Crippen LogP contribution is -2.40. The number of benzene rings is 1. The van der Waals surface area contributed by atoms with E-state index in [4.69, 9.17) is 4.42 Å². The number of carbonyl (C=O) groups excluding carboxylic acids is 1. The molecule has 1 N–H and O–H groups in total. The van der Waals surface area contributed by atoms with E-state index in [9.17, 15) is 9.18 Å². The van der Waals surface area contributed by atoms with E-state index < -0.39 is 5.82 Å². The fraction of sp³-hybridized carbons (Fsp3) is 0.429. The average molecular weight is 397 g/mol. The van der Waals surface area contributed by atoms with Gasteiger partial charge in [0.2, 0.25) is 5.95 Å². The van der Waals surface area contributed by atoms with Gasteiger partial charge in [0, 0.05) is 18.0 Å². The standard InChI is InChI=1S/C21H24FN5O2/c1-4-16-17(5-2)25-26-21(23-16)24-18-6-8-27(12(18)3)20(28)15-11-14(22)10-13-7-9-29-19(13)15/h7,9-12,18H,4-6,8H2,1-3H3,(H,23,24,26). The van der Waals surface area contributed by atoms with E-state index in [0.29, 0.717) is 23.5 Å². The number of hydrogen-bond acceptors (Lipinski definition) is 6. The fourth-order valence-electron chi connectivity index (χ4n) is 3.94. The van der Waals surface area contributed by atoms with Crippen LogP contribution in [0.2, 0.25) is 0 Å². The van der Waals surface area contributed by atoms with Crippen molar-refractivity contribution in [2.24, 2.45) is 0 Å². The second-order valence-corrected chi connectivity index (χ2v) is 7.31. The third kappa shape index (κ3) is 3.54. The Morgan fingerprint density at radius 3 is 2.83 bits per heavy atom. The van der Waals surface area contributed by atoms with Crippen LogP contribution in [-0.4, -0.2) is 44.6 Å². The number of halogens is 1. The minimum absolute atomic E-state index is 0.0152. The van der Waals surface area contributed by atoms with Crippen molar-refractivity contribution < 1.29 is 13.6 Å². The summed E-state index contributed by atoms with van der Waals surface area (Å²) in [7, 11) is 0. The molecule has 0 bridgehead atoms. The van der Waals surface area contributed by atoms with Crippen molar-refractivity contribution in [2.45, 2.75) is 52.1 Å². The van der Waals surface area contributed by atoms with Gasteiger partial charge in [-0.25, -0.2) is 9.37 Å². The zero-order chi connectivity index (χ0) is 20.5. The van der Waals surface area contributed by atoms with Crippen molar-refractivity contribution in [3.05, 3.63) is 47.2 Å². The molecule has 1 aliphatic rings. The molecule has 0 aliphatic carbocycles. The molecule has 1 fully saturated rings. The van der Waals surface area contributed by atoms with Crippen molar-refractivity contribution in [2.75, 3.05) is 11.9 Å². The number of nitrogens with one attached hydrogen (secondary N) is 1. The highest BCUT2D eigenvalue weighted by atomic mass is 19.1. The summed E-state index contributed by atoms with van der Waals surface area (Å²) in [6, 6.07) is 4.13. The smallest absolute Gasteiger partial charge is 0.258 e. The molecule has 7 nitrogen and oxygen atoms in total. The van der Waals surface area contributed by atoms with Gasteiger partial charge in [-0.15, -0.1) is 5.10 Å². The summed E-state index contributed by atoms with van der Waals surface area (Å²) in [4.78, 5) is 19.5. The molecule has 0 spiro atoms. The molecule has 152 valence electrons. The molecule has 2 unspecified atom stereocenters. The Labute approximate surface area is 168 Å². The zero-order valence-electron chi connectivity index (χ0n) is 16.8. The first-order valence-corrected chi connectivity index (χ1v) is 9.98. The maximum atomic E-state index is 14.0. The maximum Gasteiger partial charge on any atom is 0.258 e. The molecule has 1 aromatic carbocycles. The fourth-order valence-corrected chi connectivity index (χ4v) is 3.94. The van der Waals surface area contributed by atoms with Gasteiger partial charge < -0.3 is 14.6 Å². The lowest BCUT2D eigenvalue weighted by atomic mass is 10.1. The lowest BCUT2D eigenvalue weighted by Gasteiger charge is -2.25. The van der Waals surface area contributed by atoms with Gasteiger partial charge in [0.05, 0.1) is 29.3 Å². The molecule has 0 radical (unpaired) electrons. The number of aromatic nitrogens is 3. The van der Waals surface area contributed by atoms with Crippen LogP contribution in [0.1, 0.15) is 48.9 Å². The molecule has 1 saturated heterocycles. The summed E-state index contributed by atoms with van der Waals surface area (Å²) < 4.78 is 19.4. The van der Waals surface area contributed by atoms with Crippen LogP contribution in [0, 0.1) is 5.82 Å². The molecule has 3 aromatic rings. The highest BCUT2D eigenvalue weighted by Gasteiger charge is 2.36. The number of amides is 1. The number of anilines is 1. The van der Waals surface area contributed by atoms with E-state index in [0.717, 1.165) is 30.7 Å². The van der Waals surface area contributed by atoms with E-state index in [-0.39, 0.29) is 23.6 Å². The Hall–Kier alpha value is -3.03.